The van der Waals surface area contributed by atoms with Crippen LogP contribution in [-0.2, 0) is 10.8 Å². The average Bonchev–Trinajstić information content (AvgIpc) is 1.54. The molecule has 2 aliphatic rings. The Hall–Kier alpha value is -18.5. The van der Waals surface area contributed by atoms with Gasteiger partial charge in [-0.05, 0) is 300 Å². The first-order chi connectivity index (χ1) is 70.4. The molecule has 24 aromatic carbocycles. The summed E-state index contributed by atoms with van der Waals surface area (Å²) < 4.78 is 0. The fourth-order valence-corrected chi connectivity index (χ4v) is 22.3. The molecule has 4 heteroatoms. The number of nitrogens with zero attached hydrogens (tertiary/aromatic N) is 4. The van der Waals surface area contributed by atoms with E-state index in [1.807, 2.05) is 0 Å². The van der Waals surface area contributed by atoms with Gasteiger partial charge in [0, 0.05) is 68.2 Å². The Labute approximate surface area is 829 Å². The number of hydrogen-bond acceptors (Lipinski definition) is 4. The van der Waals surface area contributed by atoms with Crippen molar-refractivity contribution in [3.8, 4) is 66.8 Å². The summed E-state index contributed by atoms with van der Waals surface area (Å²) in [7, 11) is 0. The lowest BCUT2D eigenvalue weighted by atomic mass is 9.67. The summed E-state index contributed by atoms with van der Waals surface area (Å²) in [5, 5.41) is 9.75. The van der Waals surface area contributed by atoms with Crippen LogP contribution in [0.25, 0.3) is 110 Å². The standard InChI is InChI=1S/C73H52N2.C65H44N2/c1-5-17-53(18-6-1)57-29-41-63(42-30-57)74(64-43-31-58(32-44-64)54-19-7-2-8-20-54)67-49-37-61(38-50-67)73(71-27-15-13-25-69(71)70-26-14-16-28-72(70)73)62-39-51-68(52-40-62)75(65-45-33-59(34-46-65)55-21-9-3-10-22-55)66-47-35-60(36-48-66)56-23-11-4-12-24-56;1-5-17-49-41-57(33-25-45(49)13-1)66(58-34-26-46-14-2-6-18-50(46)42-58)55-37-29-53(30-38-55)65(63-23-11-9-21-61(63)62-22-10-12-24-64(62)65)54-31-39-56(40-32-54)67(59-35-27-47-15-3-7-19-51(47)43-59)60-36-28-48-16-4-8-20-52(48)44-60/h1-52H;1-44H. The molecule has 0 saturated carbocycles. The van der Waals surface area contributed by atoms with Gasteiger partial charge in [-0.2, -0.15) is 0 Å². The van der Waals surface area contributed by atoms with E-state index in [1.165, 1.54) is 154 Å². The molecule has 0 amide bonds. The SMILES string of the molecule is c1ccc(-c2ccc(N(c3ccc(-c4ccccc4)cc3)c3ccc(C4(c5ccc(N(c6ccc(-c7ccccc7)cc6)c6ccc(-c7ccccc7)cc6)cc5)c5ccccc5-c5ccccc54)cc3)cc2)cc1.c1ccc2c(c1)-c1ccccc1C2(c1ccc(N(c2ccc3ccccc3c2)c2ccc3ccccc3c2)cc1)c1ccc(N(c2ccc3ccccc3c2)c2ccc3ccccc3c2)cc1. The normalized spacial score (nSPS) is 12.3. The maximum atomic E-state index is 2.40. The largest absolute Gasteiger partial charge is 0.311 e. The second-order valence-corrected chi connectivity index (χ2v) is 37.0. The lowest BCUT2D eigenvalue weighted by Crippen LogP contribution is -2.28. The molecule has 0 radical (unpaired) electrons. The third-order valence-corrected chi connectivity index (χ3v) is 29.0. The van der Waals surface area contributed by atoms with Crippen LogP contribution >= 0.6 is 0 Å². The summed E-state index contributed by atoms with van der Waals surface area (Å²) in [5.41, 5.74) is 36.6. The second kappa shape index (κ2) is 36.9. The van der Waals surface area contributed by atoms with Crippen molar-refractivity contribution in [3.05, 3.63) is 627 Å². The summed E-state index contributed by atoms with van der Waals surface area (Å²) >= 11 is 0. The first-order valence-corrected chi connectivity index (χ1v) is 49.0. The van der Waals surface area contributed by atoms with Gasteiger partial charge in [0.1, 0.15) is 0 Å². The number of rotatable bonds is 20. The average molecular weight is 1810 g/mol. The molecule has 0 atom stereocenters. The van der Waals surface area contributed by atoms with E-state index < -0.39 is 10.8 Å². The first kappa shape index (κ1) is 85.2. The van der Waals surface area contributed by atoms with Gasteiger partial charge in [-0.15, -0.1) is 0 Å². The van der Waals surface area contributed by atoms with Gasteiger partial charge in [-0.1, -0.05) is 437 Å². The molecule has 4 nitrogen and oxygen atoms in total. The quantitative estimate of drug-likeness (QED) is 0.0754. The highest BCUT2D eigenvalue weighted by Gasteiger charge is 2.48. The lowest BCUT2D eigenvalue weighted by Gasteiger charge is -2.35. The topological polar surface area (TPSA) is 13.0 Å². The molecule has 0 saturated heterocycles. The van der Waals surface area contributed by atoms with Crippen LogP contribution < -0.4 is 19.6 Å². The van der Waals surface area contributed by atoms with Crippen molar-refractivity contribution in [1.29, 1.82) is 0 Å². The van der Waals surface area contributed by atoms with Crippen LogP contribution in [-0.4, -0.2) is 0 Å². The van der Waals surface area contributed by atoms with Gasteiger partial charge in [0.05, 0.1) is 10.8 Å². The molecular weight excluding hydrogens is 1710 g/mol. The third-order valence-electron chi connectivity index (χ3n) is 29.0. The maximum Gasteiger partial charge on any atom is 0.0713 e. The molecule has 0 N–H and O–H groups in total. The van der Waals surface area contributed by atoms with Crippen molar-refractivity contribution in [1.82, 2.24) is 0 Å². The van der Waals surface area contributed by atoms with Crippen LogP contribution in [0.15, 0.2) is 582 Å². The third kappa shape index (κ3) is 15.5. The monoisotopic (exact) mass is 1810 g/mol. The van der Waals surface area contributed by atoms with Gasteiger partial charge >= 0.3 is 0 Å². The highest BCUT2D eigenvalue weighted by Crippen LogP contribution is 2.60. The van der Waals surface area contributed by atoms with Crippen molar-refractivity contribution in [2.75, 3.05) is 19.6 Å². The Morgan fingerprint density at radius 1 is 0.106 bits per heavy atom. The van der Waals surface area contributed by atoms with Crippen molar-refractivity contribution in [3.63, 3.8) is 0 Å². The number of anilines is 12. The van der Waals surface area contributed by atoms with Gasteiger partial charge in [0.25, 0.3) is 0 Å². The molecule has 0 unspecified atom stereocenters. The molecule has 0 aromatic heterocycles. The second-order valence-electron chi connectivity index (χ2n) is 37.0. The van der Waals surface area contributed by atoms with Gasteiger partial charge in [-0.3, -0.25) is 0 Å². The van der Waals surface area contributed by atoms with Crippen molar-refractivity contribution >= 4 is 111 Å². The minimum Gasteiger partial charge on any atom is -0.311 e. The molecule has 0 fully saturated rings. The Morgan fingerprint density at radius 2 is 0.254 bits per heavy atom. The smallest absolute Gasteiger partial charge is 0.0713 e. The molecule has 0 bridgehead atoms. The highest BCUT2D eigenvalue weighted by atomic mass is 15.2. The van der Waals surface area contributed by atoms with E-state index in [1.54, 1.807) is 0 Å². The number of fused-ring (bicyclic) bond motifs is 10. The molecule has 2 aliphatic carbocycles. The fourth-order valence-electron chi connectivity index (χ4n) is 22.3. The molecule has 0 aliphatic heterocycles. The van der Waals surface area contributed by atoms with Crippen LogP contribution in [0.3, 0.4) is 0 Å². The summed E-state index contributed by atoms with van der Waals surface area (Å²) in [6.45, 7) is 0. The van der Waals surface area contributed by atoms with Crippen LogP contribution in [0.2, 0.25) is 0 Å². The molecule has 0 heterocycles. The number of hydrogen-bond donors (Lipinski definition) is 0. The molecule has 0 spiro atoms. The molecular formula is C138H96N4. The molecule has 24 aromatic rings. The molecule has 142 heavy (non-hydrogen) atoms. The van der Waals surface area contributed by atoms with E-state index in [0.717, 1.165) is 68.2 Å². The first-order valence-electron chi connectivity index (χ1n) is 49.0. The van der Waals surface area contributed by atoms with E-state index in [2.05, 4.69) is 602 Å². The zero-order valence-electron chi connectivity index (χ0n) is 78.2. The lowest BCUT2D eigenvalue weighted by molar-refractivity contribution is 0.768. The molecule has 26 rings (SSSR count). The maximum absolute atomic E-state index is 2.40. The summed E-state index contributed by atoms with van der Waals surface area (Å²) in [6.07, 6.45) is 0. The van der Waals surface area contributed by atoms with Crippen LogP contribution in [0.4, 0.5) is 68.2 Å². The zero-order valence-corrected chi connectivity index (χ0v) is 78.2. The van der Waals surface area contributed by atoms with E-state index in [0.29, 0.717) is 0 Å². The predicted molar refractivity (Wildman–Crippen MR) is 598 cm³/mol. The summed E-state index contributed by atoms with van der Waals surface area (Å²) in [5.74, 6) is 0. The predicted octanol–water partition coefficient (Wildman–Crippen LogP) is 37.3. The van der Waals surface area contributed by atoms with Gasteiger partial charge < -0.3 is 19.6 Å². The van der Waals surface area contributed by atoms with Crippen LogP contribution in [0.1, 0.15) is 44.5 Å². The van der Waals surface area contributed by atoms with Crippen LogP contribution in [0, 0.1) is 0 Å². The van der Waals surface area contributed by atoms with Crippen molar-refractivity contribution in [2.24, 2.45) is 0 Å². The zero-order chi connectivity index (χ0) is 94.3. The van der Waals surface area contributed by atoms with E-state index in [9.17, 15) is 0 Å². The van der Waals surface area contributed by atoms with Crippen molar-refractivity contribution in [2.45, 2.75) is 10.8 Å². The minimum atomic E-state index is -0.594. The Morgan fingerprint density at radius 3 is 0.458 bits per heavy atom. The van der Waals surface area contributed by atoms with E-state index >= 15 is 0 Å². The Balaban J connectivity index is 0.000000150. The fraction of sp³-hybridized carbons (Fsp3) is 0.0145. The van der Waals surface area contributed by atoms with E-state index in [4.69, 9.17) is 0 Å². The van der Waals surface area contributed by atoms with Gasteiger partial charge in [-0.25, -0.2) is 0 Å². The summed E-state index contributed by atoms with van der Waals surface area (Å²) in [6, 6.07) is 213. The number of benzene rings is 24. The van der Waals surface area contributed by atoms with Crippen LogP contribution in [0.5, 0.6) is 0 Å². The minimum absolute atomic E-state index is 0.572. The Kier molecular flexibility index (Phi) is 22.1. The Bertz CT molecular complexity index is 7870. The summed E-state index contributed by atoms with van der Waals surface area (Å²) in [4.78, 5) is 9.54. The molecule has 668 valence electrons. The van der Waals surface area contributed by atoms with E-state index in [-0.39, 0.29) is 0 Å². The van der Waals surface area contributed by atoms with Gasteiger partial charge in [0.15, 0.2) is 0 Å². The van der Waals surface area contributed by atoms with Crippen molar-refractivity contribution < 1.29 is 0 Å². The van der Waals surface area contributed by atoms with Gasteiger partial charge in [0.2, 0.25) is 0 Å². The highest BCUT2D eigenvalue weighted by molar-refractivity contribution is 5.98.